The Morgan fingerprint density at radius 1 is 1.16 bits per heavy atom. The van der Waals surface area contributed by atoms with Gasteiger partial charge in [0.2, 0.25) is 0 Å². The molecule has 0 radical (unpaired) electrons. The third-order valence-corrected chi connectivity index (χ3v) is 4.94. The van der Waals surface area contributed by atoms with Crippen LogP contribution in [-0.4, -0.2) is 57.0 Å². The lowest BCUT2D eigenvalue weighted by molar-refractivity contribution is -0.144. The molecular formula is C13H25NO4S. The Labute approximate surface area is 116 Å². The summed E-state index contributed by atoms with van der Waals surface area (Å²) in [5.41, 5.74) is 0. The van der Waals surface area contributed by atoms with Crippen molar-refractivity contribution in [2.24, 2.45) is 0 Å². The fourth-order valence-corrected chi connectivity index (χ4v) is 3.29. The molecule has 0 atom stereocenters. The van der Waals surface area contributed by atoms with Gasteiger partial charge in [0.25, 0.3) is 0 Å². The van der Waals surface area contributed by atoms with E-state index in [1.807, 2.05) is 4.90 Å². The molecule has 1 heterocycles. The topological polar surface area (TPSA) is 63.7 Å². The number of unbranched alkanes of at least 4 members (excludes halogenated alkanes) is 3. The van der Waals surface area contributed by atoms with Gasteiger partial charge in [0.15, 0.2) is 9.84 Å². The lowest BCUT2D eigenvalue weighted by Gasteiger charge is -2.25. The van der Waals surface area contributed by atoms with Gasteiger partial charge in [-0.05, 0) is 6.42 Å². The highest BCUT2D eigenvalue weighted by Gasteiger charge is 2.21. The zero-order valence-electron chi connectivity index (χ0n) is 11.8. The second-order valence-corrected chi connectivity index (χ2v) is 7.33. The molecule has 0 unspecified atom stereocenters. The zero-order chi connectivity index (χ0) is 14.1. The SMILES string of the molecule is CCCCCCOC(=O)CCN1CCS(=O)(=O)CC1. The average molecular weight is 291 g/mol. The van der Waals surface area contributed by atoms with Crippen molar-refractivity contribution in [3.63, 3.8) is 0 Å². The number of ether oxygens (including phenoxy) is 1. The summed E-state index contributed by atoms with van der Waals surface area (Å²) >= 11 is 0. The van der Waals surface area contributed by atoms with E-state index in [4.69, 9.17) is 4.74 Å². The number of nitrogens with zero attached hydrogens (tertiary/aromatic N) is 1. The molecular weight excluding hydrogens is 266 g/mol. The smallest absolute Gasteiger partial charge is 0.307 e. The third-order valence-electron chi connectivity index (χ3n) is 3.33. The molecule has 6 heteroatoms. The Morgan fingerprint density at radius 3 is 2.47 bits per heavy atom. The van der Waals surface area contributed by atoms with Crippen LogP contribution in [0.2, 0.25) is 0 Å². The molecule has 112 valence electrons. The highest BCUT2D eigenvalue weighted by molar-refractivity contribution is 7.91. The van der Waals surface area contributed by atoms with Crippen molar-refractivity contribution in [1.29, 1.82) is 0 Å². The van der Waals surface area contributed by atoms with Gasteiger partial charge in [-0.3, -0.25) is 4.79 Å². The molecule has 1 rings (SSSR count). The third kappa shape index (κ3) is 7.52. The van der Waals surface area contributed by atoms with Crippen molar-refractivity contribution >= 4 is 15.8 Å². The molecule has 0 saturated carbocycles. The molecule has 0 aromatic rings. The monoisotopic (exact) mass is 291 g/mol. The molecule has 0 bridgehead atoms. The molecule has 1 aliphatic rings. The van der Waals surface area contributed by atoms with E-state index in [-0.39, 0.29) is 17.5 Å². The molecule has 0 N–H and O–H groups in total. The van der Waals surface area contributed by atoms with Crippen molar-refractivity contribution in [3.05, 3.63) is 0 Å². The first kappa shape index (κ1) is 16.4. The summed E-state index contributed by atoms with van der Waals surface area (Å²) in [5, 5.41) is 0. The Bertz CT molecular complexity index is 353. The summed E-state index contributed by atoms with van der Waals surface area (Å²) in [6.07, 6.45) is 4.74. The summed E-state index contributed by atoms with van der Waals surface area (Å²) in [6.45, 7) is 4.32. The molecule has 0 spiro atoms. The fourth-order valence-electron chi connectivity index (χ4n) is 2.01. The van der Waals surface area contributed by atoms with Crippen LogP contribution < -0.4 is 0 Å². The van der Waals surface area contributed by atoms with Crippen LogP contribution in [0.4, 0.5) is 0 Å². The van der Waals surface area contributed by atoms with Gasteiger partial charge in [-0.2, -0.15) is 0 Å². The predicted molar refractivity (Wildman–Crippen MR) is 74.8 cm³/mol. The standard InChI is InChI=1S/C13H25NO4S/c1-2-3-4-5-10-18-13(15)6-7-14-8-11-19(16,17)12-9-14/h2-12H2,1H3. The Balaban J connectivity index is 2.04. The molecule has 1 fully saturated rings. The normalized spacial score (nSPS) is 19.2. The van der Waals surface area contributed by atoms with Gasteiger partial charge >= 0.3 is 5.97 Å². The molecule has 1 saturated heterocycles. The maximum Gasteiger partial charge on any atom is 0.307 e. The minimum Gasteiger partial charge on any atom is -0.466 e. The largest absolute Gasteiger partial charge is 0.466 e. The van der Waals surface area contributed by atoms with E-state index in [9.17, 15) is 13.2 Å². The second-order valence-electron chi connectivity index (χ2n) is 5.02. The first-order chi connectivity index (χ1) is 9.03. The highest BCUT2D eigenvalue weighted by atomic mass is 32.2. The quantitative estimate of drug-likeness (QED) is 0.497. The van der Waals surface area contributed by atoms with Crippen LogP contribution in [0, 0.1) is 0 Å². The van der Waals surface area contributed by atoms with Gasteiger partial charge in [-0.1, -0.05) is 26.2 Å². The summed E-state index contributed by atoms with van der Waals surface area (Å²) in [4.78, 5) is 13.5. The van der Waals surface area contributed by atoms with Crippen LogP contribution in [0.15, 0.2) is 0 Å². The van der Waals surface area contributed by atoms with Crippen LogP contribution in [0.3, 0.4) is 0 Å². The number of hydrogen-bond donors (Lipinski definition) is 0. The molecule has 5 nitrogen and oxygen atoms in total. The van der Waals surface area contributed by atoms with Crippen molar-refractivity contribution < 1.29 is 17.9 Å². The minimum atomic E-state index is -2.84. The average Bonchev–Trinajstić information content (AvgIpc) is 2.37. The van der Waals surface area contributed by atoms with Gasteiger partial charge in [-0.15, -0.1) is 0 Å². The van der Waals surface area contributed by atoms with E-state index in [1.54, 1.807) is 0 Å². The molecule has 19 heavy (non-hydrogen) atoms. The van der Waals surface area contributed by atoms with E-state index in [1.165, 1.54) is 12.8 Å². The lowest BCUT2D eigenvalue weighted by Crippen LogP contribution is -2.41. The number of sulfone groups is 1. The van der Waals surface area contributed by atoms with Crippen LogP contribution in [-0.2, 0) is 19.4 Å². The zero-order valence-corrected chi connectivity index (χ0v) is 12.6. The highest BCUT2D eigenvalue weighted by Crippen LogP contribution is 2.05. The second kappa shape index (κ2) is 8.53. The minimum absolute atomic E-state index is 0.176. The Hall–Kier alpha value is -0.620. The first-order valence-corrected chi connectivity index (χ1v) is 8.94. The lowest BCUT2D eigenvalue weighted by atomic mass is 10.2. The molecule has 0 amide bonds. The predicted octanol–water partition coefficient (Wildman–Crippen LogP) is 1.23. The van der Waals surface area contributed by atoms with Gasteiger partial charge in [0.05, 0.1) is 24.5 Å². The van der Waals surface area contributed by atoms with Crippen LogP contribution >= 0.6 is 0 Å². The molecule has 0 aromatic heterocycles. The number of carbonyl (C=O) groups is 1. The van der Waals surface area contributed by atoms with Crippen molar-refractivity contribution in [3.8, 4) is 0 Å². The maximum atomic E-state index is 11.5. The Morgan fingerprint density at radius 2 is 1.84 bits per heavy atom. The summed E-state index contributed by atoms with van der Waals surface area (Å²) in [5.74, 6) is 0.239. The molecule has 0 aromatic carbocycles. The summed E-state index contributed by atoms with van der Waals surface area (Å²) in [6, 6.07) is 0. The fraction of sp³-hybridized carbons (Fsp3) is 0.923. The number of rotatable bonds is 8. The number of hydrogen-bond acceptors (Lipinski definition) is 5. The summed E-state index contributed by atoms with van der Waals surface area (Å²) < 4.78 is 27.6. The van der Waals surface area contributed by atoms with E-state index >= 15 is 0 Å². The number of carbonyl (C=O) groups excluding carboxylic acids is 1. The van der Waals surface area contributed by atoms with Gasteiger partial charge in [0, 0.05) is 19.6 Å². The van der Waals surface area contributed by atoms with Crippen LogP contribution in [0.1, 0.15) is 39.0 Å². The Kier molecular flexibility index (Phi) is 7.38. The molecule has 1 aliphatic heterocycles. The van der Waals surface area contributed by atoms with Crippen LogP contribution in [0.25, 0.3) is 0 Å². The van der Waals surface area contributed by atoms with E-state index in [0.29, 0.717) is 32.7 Å². The van der Waals surface area contributed by atoms with Gasteiger partial charge in [0.1, 0.15) is 0 Å². The number of esters is 1. The molecule has 0 aliphatic carbocycles. The van der Waals surface area contributed by atoms with Crippen LogP contribution in [0.5, 0.6) is 0 Å². The van der Waals surface area contributed by atoms with E-state index in [2.05, 4.69) is 6.92 Å². The van der Waals surface area contributed by atoms with Gasteiger partial charge in [-0.25, -0.2) is 8.42 Å². The van der Waals surface area contributed by atoms with Crippen molar-refractivity contribution in [2.75, 3.05) is 37.7 Å². The van der Waals surface area contributed by atoms with E-state index < -0.39 is 9.84 Å². The van der Waals surface area contributed by atoms with Gasteiger partial charge < -0.3 is 9.64 Å². The first-order valence-electron chi connectivity index (χ1n) is 7.12. The van der Waals surface area contributed by atoms with E-state index in [0.717, 1.165) is 12.8 Å². The maximum absolute atomic E-state index is 11.5. The summed E-state index contributed by atoms with van der Waals surface area (Å²) in [7, 11) is -2.84. The van der Waals surface area contributed by atoms with Crippen molar-refractivity contribution in [2.45, 2.75) is 39.0 Å². The van der Waals surface area contributed by atoms with Crippen molar-refractivity contribution in [1.82, 2.24) is 4.90 Å².